The van der Waals surface area contributed by atoms with Crippen LogP contribution in [0.5, 0.6) is 11.6 Å². The maximum Gasteiger partial charge on any atom is 0.335 e. The van der Waals surface area contributed by atoms with Crippen LogP contribution in [0.2, 0.25) is 0 Å². The summed E-state index contributed by atoms with van der Waals surface area (Å²) in [5.41, 5.74) is 0.906. The Balaban J connectivity index is 2.23. The molecule has 2 aromatic rings. The highest BCUT2D eigenvalue weighted by molar-refractivity contribution is 7.98. The molecule has 0 fully saturated rings. The van der Waals surface area contributed by atoms with E-state index in [0.717, 1.165) is 5.03 Å². The summed E-state index contributed by atoms with van der Waals surface area (Å²) in [7, 11) is 0. The Morgan fingerprint density at radius 2 is 2.11 bits per heavy atom. The third-order valence-corrected chi connectivity index (χ3v) is 3.12. The van der Waals surface area contributed by atoms with Gasteiger partial charge < -0.3 is 9.84 Å². The quantitative estimate of drug-likeness (QED) is 0.683. The lowest BCUT2D eigenvalue weighted by Gasteiger charge is -2.07. The van der Waals surface area contributed by atoms with E-state index in [1.54, 1.807) is 25.1 Å². The molecular weight excluding hydrogens is 264 g/mol. The summed E-state index contributed by atoms with van der Waals surface area (Å²) in [4.78, 5) is 19.0. The van der Waals surface area contributed by atoms with Crippen LogP contribution < -0.4 is 4.74 Å². The lowest BCUT2D eigenvalue weighted by molar-refractivity contribution is 0.0696. The van der Waals surface area contributed by atoms with Gasteiger partial charge in [-0.3, -0.25) is 0 Å². The minimum atomic E-state index is -0.948. The van der Waals surface area contributed by atoms with Gasteiger partial charge >= 0.3 is 5.97 Å². The van der Waals surface area contributed by atoms with Gasteiger partial charge in [0.1, 0.15) is 17.1 Å². The standard InChI is InChI=1S/C13H12N2O3S/c1-8-5-9(3-4-10(8)13(16)17)18-11-6-12(19-2)15-7-14-11/h3-7H,1-2H3,(H,16,17). The second-order valence-corrected chi connectivity index (χ2v) is 4.61. The molecule has 5 nitrogen and oxygen atoms in total. The molecule has 0 saturated heterocycles. The van der Waals surface area contributed by atoms with Crippen molar-refractivity contribution >= 4 is 17.7 Å². The molecule has 1 N–H and O–H groups in total. The highest BCUT2D eigenvalue weighted by atomic mass is 32.2. The minimum absolute atomic E-state index is 0.264. The normalized spacial score (nSPS) is 10.2. The second-order valence-electron chi connectivity index (χ2n) is 3.78. The molecule has 0 atom stereocenters. The molecule has 0 aliphatic rings. The fraction of sp³-hybridized carbons (Fsp3) is 0.154. The molecule has 0 aliphatic carbocycles. The van der Waals surface area contributed by atoms with Crippen LogP contribution in [-0.2, 0) is 0 Å². The predicted octanol–water partition coefficient (Wildman–Crippen LogP) is 3.00. The molecule has 98 valence electrons. The molecule has 0 unspecified atom stereocenters. The van der Waals surface area contributed by atoms with E-state index in [1.807, 2.05) is 6.26 Å². The molecular formula is C13H12N2O3S. The van der Waals surface area contributed by atoms with Gasteiger partial charge in [-0.05, 0) is 36.9 Å². The fourth-order valence-electron chi connectivity index (χ4n) is 1.55. The van der Waals surface area contributed by atoms with Crippen LogP contribution >= 0.6 is 11.8 Å². The van der Waals surface area contributed by atoms with E-state index in [4.69, 9.17) is 9.84 Å². The molecule has 0 bridgehead atoms. The molecule has 1 aromatic heterocycles. The molecule has 0 radical (unpaired) electrons. The second kappa shape index (κ2) is 5.71. The average molecular weight is 276 g/mol. The van der Waals surface area contributed by atoms with E-state index < -0.39 is 5.97 Å². The summed E-state index contributed by atoms with van der Waals surface area (Å²) < 4.78 is 5.58. The number of carbonyl (C=O) groups is 1. The van der Waals surface area contributed by atoms with Crippen molar-refractivity contribution in [2.45, 2.75) is 11.9 Å². The zero-order valence-corrected chi connectivity index (χ0v) is 11.3. The van der Waals surface area contributed by atoms with Gasteiger partial charge in [0.25, 0.3) is 0 Å². The van der Waals surface area contributed by atoms with E-state index in [0.29, 0.717) is 17.2 Å². The van der Waals surface area contributed by atoms with Gasteiger partial charge in [0, 0.05) is 6.07 Å². The fourth-order valence-corrected chi connectivity index (χ4v) is 1.92. The number of carboxylic acid groups (broad SMARTS) is 1. The average Bonchev–Trinajstić information content (AvgIpc) is 2.38. The maximum absolute atomic E-state index is 10.9. The van der Waals surface area contributed by atoms with Crippen LogP contribution in [0.25, 0.3) is 0 Å². The van der Waals surface area contributed by atoms with Crippen molar-refractivity contribution in [1.29, 1.82) is 0 Å². The first kappa shape index (κ1) is 13.4. The van der Waals surface area contributed by atoms with Gasteiger partial charge in [0.05, 0.1) is 5.56 Å². The lowest BCUT2D eigenvalue weighted by atomic mass is 10.1. The molecule has 1 heterocycles. The molecule has 0 saturated carbocycles. The van der Waals surface area contributed by atoms with Gasteiger partial charge in [-0.2, -0.15) is 0 Å². The van der Waals surface area contributed by atoms with E-state index in [-0.39, 0.29) is 5.56 Å². The van der Waals surface area contributed by atoms with Crippen LogP contribution in [0.15, 0.2) is 35.6 Å². The number of carboxylic acids is 1. The van der Waals surface area contributed by atoms with Crippen LogP contribution in [0.3, 0.4) is 0 Å². The maximum atomic E-state index is 10.9. The van der Waals surface area contributed by atoms with Crippen LogP contribution in [-0.4, -0.2) is 27.3 Å². The number of benzene rings is 1. The largest absolute Gasteiger partial charge is 0.478 e. The van der Waals surface area contributed by atoms with Gasteiger partial charge in [-0.15, -0.1) is 11.8 Å². The Morgan fingerprint density at radius 3 is 2.74 bits per heavy atom. The Kier molecular flexibility index (Phi) is 4.01. The summed E-state index contributed by atoms with van der Waals surface area (Å²) in [6.07, 6.45) is 3.34. The van der Waals surface area contributed by atoms with E-state index in [9.17, 15) is 4.79 Å². The Labute approximate surface area is 114 Å². The molecule has 0 aliphatic heterocycles. The topological polar surface area (TPSA) is 72.3 Å². The number of hydrogen-bond acceptors (Lipinski definition) is 5. The van der Waals surface area contributed by atoms with Crippen molar-refractivity contribution in [3.63, 3.8) is 0 Å². The molecule has 1 aromatic carbocycles. The van der Waals surface area contributed by atoms with Crippen LogP contribution in [0, 0.1) is 6.92 Å². The van der Waals surface area contributed by atoms with Crippen molar-refractivity contribution < 1.29 is 14.6 Å². The van der Waals surface area contributed by atoms with Crippen LogP contribution in [0.1, 0.15) is 15.9 Å². The number of aromatic carboxylic acids is 1. The van der Waals surface area contributed by atoms with Crippen LogP contribution in [0.4, 0.5) is 0 Å². The molecule has 6 heteroatoms. The number of ether oxygens (including phenoxy) is 1. The van der Waals surface area contributed by atoms with E-state index >= 15 is 0 Å². The summed E-state index contributed by atoms with van der Waals surface area (Å²) in [6, 6.07) is 6.52. The number of rotatable bonds is 4. The van der Waals surface area contributed by atoms with Crippen molar-refractivity contribution in [2.75, 3.05) is 6.26 Å². The number of aromatic nitrogens is 2. The van der Waals surface area contributed by atoms with Crippen molar-refractivity contribution in [2.24, 2.45) is 0 Å². The van der Waals surface area contributed by atoms with E-state index in [1.165, 1.54) is 24.2 Å². The number of thioether (sulfide) groups is 1. The third-order valence-electron chi connectivity index (χ3n) is 2.48. The number of aryl methyl sites for hydroxylation is 1. The Morgan fingerprint density at radius 1 is 1.32 bits per heavy atom. The summed E-state index contributed by atoms with van der Waals surface area (Å²) in [6.45, 7) is 1.73. The van der Waals surface area contributed by atoms with Crippen molar-refractivity contribution in [3.05, 3.63) is 41.7 Å². The number of nitrogens with zero attached hydrogens (tertiary/aromatic N) is 2. The zero-order valence-electron chi connectivity index (χ0n) is 10.5. The molecule has 0 amide bonds. The zero-order chi connectivity index (χ0) is 13.8. The summed E-state index contributed by atoms with van der Waals surface area (Å²) in [5, 5.41) is 9.76. The first-order chi connectivity index (χ1) is 9.10. The first-order valence-electron chi connectivity index (χ1n) is 5.48. The van der Waals surface area contributed by atoms with Crippen molar-refractivity contribution in [1.82, 2.24) is 9.97 Å². The van der Waals surface area contributed by atoms with Gasteiger partial charge in [0.15, 0.2) is 0 Å². The number of hydrogen-bond donors (Lipinski definition) is 1. The van der Waals surface area contributed by atoms with E-state index in [2.05, 4.69) is 9.97 Å². The molecule has 0 spiro atoms. The van der Waals surface area contributed by atoms with Gasteiger partial charge in [0.2, 0.25) is 5.88 Å². The highest BCUT2D eigenvalue weighted by Gasteiger charge is 2.08. The Bertz CT molecular complexity index is 617. The Hall–Kier alpha value is -2.08. The molecule has 19 heavy (non-hydrogen) atoms. The predicted molar refractivity (Wildman–Crippen MR) is 72.0 cm³/mol. The SMILES string of the molecule is CSc1cc(Oc2ccc(C(=O)O)c(C)c2)ncn1. The lowest BCUT2D eigenvalue weighted by Crippen LogP contribution is -1.99. The van der Waals surface area contributed by atoms with Gasteiger partial charge in [-0.1, -0.05) is 0 Å². The monoisotopic (exact) mass is 276 g/mol. The summed E-state index contributed by atoms with van der Waals surface area (Å²) in [5.74, 6) is 0.0332. The van der Waals surface area contributed by atoms with Gasteiger partial charge in [-0.25, -0.2) is 14.8 Å². The molecule has 2 rings (SSSR count). The summed E-state index contributed by atoms with van der Waals surface area (Å²) >= 11 is 1.49. The first-order valence-corrected chi connectivity index (χ1v) is 6.70. The smallest absolute Gasteiger partial charge is 0.335 e. The minimum Gasteiger partial charge on any atom is -0.478 e. The highest BCUT2D eigenvalue weighted by Crippen LogP contribution is 2.24. The van der Waals surface area contributed by atoms with Crippen molar-refractivity contribution in [3.8, 4) is 11.6 Å². The third kappa shape index (κ3) is 3.23.